The van der Waals surface area contributed by atoms with Gasteiger partial charge in [0, 0.05) is 12.6 Å². The highest BCUT2D eigenvalue weighted by Gasteiger charge is 2.16. The summed E-state index contributed by atoms with van der Waals surface area (Å²) in [5, 5.41) is 3.26. The van der Waals surface area contributed by atoms with Crippen molar-refractivity contribution in [3.8, 4) is 0 Å². The Labute approximate surface area is 83.7 Å². The van der Waals surface area contributed by atoms with E-state index in [1.165, 1.54) is 19.4 Å². The number of hydrogen-bond acceptors (Lipinski definition) is 2. The van der Waals surface area contributed by atoms with Crippen LogP contribution in [0.2, 0.25) is 0 Å². The van der Waals surface area contributed by atoms with Crippen molar-refractivity contribution in [1.82, 2.24) is 10.2 Å². The third-order valence-corrected chi connectivity index (χ3v) is 2.61. The molecule has 0 aliphatic carbocycles. The minimum atomic E-state index is 0.677. The first-order valence-electron chi connectivity index (χ1n) is 5.48. The van der Waals surface area contributed by atoms with Crippen LogP contribution in [0.25, 0.3) is 0 Å². The average Bonchev–Trinajstić information content (AvgIpc) is 2.09. The van der Waals surface area contributed by atoms with Crippen molar-refractivity contribution in [2.24, 2.45) is 5.92 Å². The molecule has 2 nitrogen and oxygen atoms in total. The van der Waals surface area contributed by atoms with Gasteiger partial charge in [-0.05, 0) is 33.0 Å². The van der Waals surface area contributed by atoms with Gasteiger partial charge in [-0.2, -0.15) is 0 Å². The Morgan fingerprint density at radius 3 is 2.31 bits per heavy atom. The zero-order chi connectivity index (χ0) is 10.3. The molecule has 0 aliphatic heterocycles. The first-order valence-corrected chi connectivity index (χ1v) is 5.48. The molecule has 0 saturated carbocycles. The summed E-state index contributed by atoms with van der Waals surface area (Å²) in [5.74, 6) is 0.731. The zero-order valence-electron chi connectivity index (χ0n) is 9.93. The third-order valence-electron chi connectivity index (χ3n) is 2.61. The summed E-state index contributed by atoms with van der Waals surface area (Å²) in [6, 6.07) is 0.677. The molecule has 13 heavy (non-hydrogen) atoms. The first kappa shape index (κ1) is 12.9. The summed E-state index contributed by atoms with van der Waals surface area (Å²) < 4.78 is 0. The van der Waals surface area contributed by atoms with E-state index < -0.39 is 0 Å². The molecule has 0 heterocycles. The average molecular weight is 186 g/mol. The maximum Gasteiger partial charge on any atom is 0.0240 e. The van der Waals surface area contributed by atoms with Crippen molar-refractivity contribution >= 4 is 0 Å². The molecule has 0 rings (SSSR count). The van der Waals surface area contributed by atoms with Gasteiger partial charge in [-0.15, -0.1) is 0 Å². The van der Waals surface area contributed by atoms with Crippen molar-refractivity contribution in [3.63, 3.8) is 0 Å². The lowest BCUT2D eigenvalue weighted by Crippen LogP contribution is -2.43. The van der Waals surface area contributed by atoms with Crippen LogP contribution in [0, 0.1) is 5.92 Å². The van der Waals surface area contributed by atoms with Gasteiger partial charge in [-0.1, -0.05) is 27.2 Å². The lowest BCUT2D eigenvalue weighted by atomic mass is 10.0. The van der Waals surface area contributed by atoms with Crippen LogP contribution in [0.15, 0.2) is 0 Å². The number of unbranched alkanes of at least 4 members (excludes halogenated alkanes) is 1. The van der Waals surface area contributed by atoms with E-state index in [1.54, 1.807) is 0 Å². The standard InChI is InChI=1S/C11H26N2/c1-6-7-8-13(5)11(9-12-4)10(2)3/h10-12H,6-9H2,1-5H3. The van der Waals surface area contributed by atoms with Gasteiger partial charge in [-0.3, -0.25) is 0 Å². The molecule has 0 bridgehead atoms. The Bertz CT molecular complexity index is 113. The number of rotatable bonds is 7. The van der Waals surface area contributed by atoms with E-state index in [2.05, 4.69) is 38.0 Å². The quantitative estimate of drug-likeness (QED) is 0.654. The molecule has 0 saturated heterocycles. The Balaban J connectivity index is 3.87. The number of nitrogens with zero attached hydrogens (tertiary/aromatic N) is 1. The lowest BCUT2D eigenvalue weighted by molar-refractivity contribution is 0.187. The van der Waals surface area contributed by atoms with Crippen molar-refractivity contribution in [1.29, 1.82) is 0 Å². The van der Waals surface area contributed by atoms with Gasteiger partial charge in [0.2, 0.25) is 0 Å². The van der Waals surface area contributed by atoms with E-state index in [0.717, 1.165) is 12.5 Å². The van der Waals surface area contributed by atoms with Crippen LogP contribution >= 0.6 is 0 Å². The van der Waals surface area contributed by atoms with Crippen molar-refractivity contribution in [2.45, 2.75) is 39.7 Å². The normalized spacial score (nSPS) is 14.1. The van der Waals surface area contributed by atoms with Crippen LogP contribution in [-0.4, -0.2) is 38.1 Å². The van der Waals surface area contributed by atoms with E-state index in [4.69, 9.17) is 0 Å². The minimum absolute atomic E-state index is 0.677. The predicted molar refractivity (Wildman–Crippen MR) is 60.1 cm³/mol. The zero-order valence-corrected chi connectivity index (χ0v) is 9.93. The summed E-state index contributed by atoms with van der Waals surface area (Å²) >= 11 is 0. The topological polar surface area (TPSA) is 15.3 Å². The molecule has 2 heteroatoms. The SMILES string of the molecule is CCCCN(C)C(CNC)C(C)C. The maximum absolute atomic E-state index is 3.26. The highest BCUT2D eigenvalue weighted by Crippen LogP contribution is 2.08. The van der Waals surface area contributed by atoms with E-state index in [1.807, 2.05) is 7.05 Å². The molecule has 0 fully saturated rings. The second kappa shape index (κ2) is 7.34. The van der Waals surface area contributed by atoms with E-state index in [0.29, 0.717) is 6.04 Å². The highest BCUT2D eigenvalue weighted by molar-refractivity contribution is 4.73. The highest BCUT2D eigenvalue weighted by atomic mass is 15.1. The first-order chi connectivity index (χ1) is 6.13. The van der Waals surface area contributed by atoms with Crippen LogP contribution < -0.4 is 5.32 Å². The molecule has 80 valence electrons. The Hall–Kier alpha value is -0.0800. The molecule has 0 spiro atoms. The van der Waals surface area contributed by atoms with E-state index in [-0.39, 0.29) is 0 Å². The lowest BCUT2D eigenvalue weighted by Gasteiger charge is -2.31. The van der Waals surface area contributed by atoms with Crippen LogP contribution in [0.4, 0.5) is 0 Å². The maximum atomic E-state index is 3.26. The van der Waals surface area contributed by atoms with Gasteiger partial charge in [0.1, 0.15) is 0 Å². The fourth-order valence-corrected chi connectivity index (χ4v) is 1.68. The number of hydrogen-bond donors (Lipinski definition) is 1. The van der Waals surface area contributed by atoms with Crippen LogP contribution in [0.3, 0.4) is 0 Å². The summed E-state index contributed by atoms with van der Waals surface area (Å²) in [7, 11) is 4.26. The third kappa shape index (κ3) is 5.27. The van der Waals surface area contributed by atoms with Gasteiger partial charge in [0.05, 0.1) is 0 Å². The minimum Gasteiger partial charge on any atom is -0.318 e. The molecule has 0 aliphatic rings. The number of likely N-dealkylation sites (N-methyl/N-ethyl adjacent to an activating group) is 2. The molecule has 0 radical (unpaired) electrons. The van der Waals surface area contributed by atoms with Crippen LogP contribution in [0.1, 0.15) is 33.6 Å². The van der Waals surface area contributed by atoms with Crippen molar-refractivity contribution in [3.05, 3.63) is 0 Å². The Kier molecular flexibility index (Phi) is 7.29. The van der Waals surface area contributed by atoms with Gasteiger partial charge in [0.25, 0.3) is 0 Å². The van der Waals surface area contributed by atoms with Gasteiger partial charge in [-0.25, -0.2) is 0 Å². The fraction of sp³-hybridized carbons (Fsp3) is 1.00. The Morgan fingerprint density at radius 1 is 1.31 bits per heavy atom. The van der Waals surface area contributed by atoms with E-state index >= 15 is 0 Å². The Morgan fingerprint density at radius 2 is 1.92 bits per heavy atom. The second-order valence-electron chi connectivity index (χ2n) is 4.20. The predicted octanol–water partition coefficient (Wildman–Crippen LogP) is 1.96. The van der Waals surface area contributed by atoms with Crippen molar-refractivity contribution in [2.75, 3.05) is 27.2 Å². The molecule has 0 aromatic carbocycles. The van der Waals surface area contributed by atoms with Crippen molar-refractivity contribution < 1.29 is 0 Å². The van der Waals surface area contributed by atoms with E-state index in [9.17, 15) is 0 Å². The van der Waals surface area contributed by atoms with Crippen LogP contribution in [-0.2, 0) is 0 Å². The largest absolute Gasteiger partial charge is 0.318 e. The second-order valence-corrected chi connectivity index (χ2v) is 4.20. The number of nitrogens with one attached hydrogen (secondary N) is 1. The smallest absolute Gasteiger partial charge is 0.0240 e. The molecular weight excluding hydrogens is 160 g/mol. The molecule has 0 amide bonds. The molecule has 1 N–H and O–H groups in total. The fourth-order valence-electron chi connectivity index (χ4n) is 1.68. The summed E-state index contributed by atoms with van der Waals surface area (Å²) in [4.78, 5) is 2.48. The van der Waals surface area contributed by atoms with Gasteiger partial charge >= 0.3 is 0 Å². The van der Waals surface area contributed by atoms with Crippen LogP contribution in [0.5, 0.6) is 0 Å². The van der Waals surface area contributed by atoms with Gasteiger partial charge < -0.3 is 10.2 Å². The molecule has 1 atom stereocenters. The summed E-state index contributed by atoms with van der Waals surface area (Å²) in [5.41, 5.74) is 0. The molecular formula is C11H26N2. The summed E-state index contributed by atoms with van der Waals surface area (Å²) in [6.07, 6.45) is 2.60. The van der Waals surface area contributed by atoms with Gasteiger partial charge in [0.15, 0.2) is 0 Å². The molecule has 0 aromatic rings. The molecule has 1 unspecified atom stereocenters. The summed E-state index contributed by atoms with van der Waals surface area (Å²) in [6.45, 7) is 9.16. The molecule has 0 aromatic heterocycles. The monoisotopic (exact) mass is 186 g/mol.